The fourth-order valence-corrected chi connectivity index (χ4v) is 2.61. The minimum atomic E-state index is 0.689. The van der Waals surface area contributed by atoms with Crippen LogP contribution in [0.4, 0.5) is 0 Å². The van der Waals surface area contributed by atoms with Crippen molar-refractivity contribution in [2.24, 2.45) is 11.3 Å². The van der Waals surface area contributed by atoms with Gasteiger partial charge >= 0.3 is 0 Å². The SMILES string of the molecule is C=Cn1cc(CNCC2(C3CC3)CC2)cn1. The van der Waals surface area contributed by atoms with Crippen LogP contribution in [0.1, 0.15) is 31.2 Å². The summed E-state index contributed by atoms with van der Waals surface area (Å²) in [4.78, 5) is 0. The second-order valence-electron chi connectivity index (χ2n) is 5.25. The standard InChI is InChI=1S/C13H19N3/c1-2-16-9-11(8-15-16)7-14-10-13(5-6-13)12-3-4-12/h2,8-9,12,14H,1,3-7,10H2. The van der Waals surface area contributed by atoms with E-state index < -0.39 is 0 Å². The molecule has 2 aliphatic carbocycles. The Hall–Kier alpha value is -1.09. The average Bonchev–Trinajstić information content (AvgIpc) is 3.17. The molecule has 3 rings (SSSR count). The Morgan fingerprint density at radius 1 is 1.56 bits per heavy atom. The molecule has 0 aliphatic heterocycles. The average molecular weight is 217 g/mol. The Labute approximate surface area is 96.5 Å². The van der Waals surface area contributed by atoms with Crippen LogP contribution in [-0.2, 0) is 6.54 Å². The molecule has 0 amide bonds. The monoisotopic (exact) mass is 217 g/mol. The molecule has 1 heterocycles. The zero-order valence-electron chi connectivity index (χ0n) is 9.65. The van der Waals surface area contributed by atoms with Gasteiger partial charge in [-0.1, -0.05) is 6.58 Å². The lowest BCUT2D eigenvalue weighted by molar-refractivity contribution is 0.403. The highest BCUT2D eigenvalue weighted by atomic mass is 15.2. The smallest absolute Gasteiger partial charge is 0.0538 e. The highest BCUT2D eigenvalue weighted by Crippen LogP contribution is 2.60. The summed E-state index contributed by atoms with van der Waals surface area (Å²) in [5.74, 6) is 1.04. The van der Waals surface area contributed by atoms with Crippen molar-refractivity contribution >= 4 is 6.20 Å². The summed E-state index contributed by atoms with van der Waals surface area (Å²) in [5, 5.41) is 7.75. The van der Waals surface area contributed by atoms with Crippen molar-refractivity contribution in [1.82, 2.24) is 15.1 Å². The van der Waals surface area contributed by atoms with E-state index in [0.29, 0.717) is 5.41 Å². The van der Waals surface area contributed by atoms with E-state index in [4.69, 9.17) is 0 Å². The van der Waals surface area contributed by atoms with Crippen LogP contribution in [0.5, 0.6) is 0 Å². The maximum atomic E-state index is 4.17. The molecule has 0 unspecified atom stereocenters. The zero-order chi connectivity index (χ0) is 11.0. The predicted octanol–water partition coefficient (Wildman–Crippen LogP) is 2.26. The third-order valence-corrected chi connectivity index (χ3v) is 3.98. The highest BCUT2D eigenvalue weighted by molar-refractivity contribution is 5.17. The van der Waals surface area contributed by atoms with Crippen molar-refractivity contribution in [2.45, 2.75) is 32.2 Å². The van der Waals surface area contributed by atoms with Gasteiger partial charge in [-0.15, -0.1) is 0 Å². The van der Waals surface area contributed by atoms with Gasteiger partial charge in [0.15, 0.2) is 0 Å². The van der Waals surface area contributed by atoms with Crippen LogP contribution in [0.2, 0.25) is 0 Å². The van der Waals surface area contributed by atoms with Crippen LogP contribution in [-0.4, -0.2) is 16.3 Å². The number of hydrogen-bond acceptors (Lipinski definition) is 2. The molecule has 1 aromatic heterocycles. The van der Waals surface area contributed by atoms with Crippen molar-refractivity contribution in [3.8, 4) is 0 Å². The van der Waals surface area contributed by atoms with Gasteiger partial charge in [0.05, 0.1) is 6.20 Å². The largest absolute Gasteiger partial charge is 0.312 e. The van der Waals surface area contributed by atoms with E-state index in [1.165, 1.54) is 37.8 Å². The lowest BCUT2D eigenvalue weighted by atomic mass is 10.0. The van der Waals surface area contributed by atoms with Crippen molar-refractivity contribution in [3.05, 3.63) is 24.5 Å². The number of nitrogens with zero attached hydrogens (tertiary/aromatic N) is 2. The Morgan fingerprint density at radius 2 is 2.38 bits per heavy atom. The first-order chi connectivity index (χ1) is 7.82. The van der Waals surface area contributed by atoms with E-state index in [-0.39, 0.29) is 0 Å². The Kier molecular flexibility index (Phi) is 2.36. The van der Waals surface area contributed by atoms with Gasteiger partial charge < -0.3 is 5.32 Å². The predicted molar refractivity (Wildman–Crippen MR) is 64.7 cm³/mol. The minimum absolute atomic E-state index is 0.689. The van der Waals surface area contributed by atoms with E-state index in [1.54, 1.807) is 10.9 Å². The molecule has 1 aromatic rings. The van der Waals surface area contributed by atoms with E-state index >= 15 is 0 Å². The summed E-state index contributed by atoms with van der Waals surface area (Å²) in [6, 6.07) is 0. The van der Waals surface area contributed by atoms with Crippen molar-refractivity contribution < 1.29 is 0 Å². The molecular weight excluding hydrogens is 198 g/mol. The summed E-state index contributed by atoms with van der Waals surface area (Å²) in [5.41, 5.74) is 1.93. The molecule has 2 aliphatic rings. The summed E-state index contributed by atoms with van der Waals surface area (Å²) >= 11 is 0. The molecule has 0 bridgehead atoms. The molecule has 0 spiro atoms. The van der Waals surface area contributed by atoms with Crippen LogP contribution in [0.25, 0.3) is 6.20 Å². The van der Waals surface area contributed by atoms with Gasteiger partial charge in [0.1, 0.15) is 0 Å². The first kappa shape index (κ1) is 10.1. The second kappa shape index (κ2) is 3.74. The van der Waals surface area contributed by atoms with Crippen LogP contribution in [0.15, 0.2) is 19.0 Å². The van der Waals surface area contributed by atoms with Crippen molar-refractivity contribution in [1.29, 1.82) is 0 Å². The second-order valence-corrected chi connectivity index (χ2v) is 5.25. The quantitative estimate of drug-likeness (QED) is 0.792. The van der Waals surface area contributed by atoms with E-state index in [1.807, 2.05) is 12.4 Å². The molecule has 1 N–H and O–H groups in total. The summed E-state index contributed by atoms with van der Waals surface area (Å²) < 4.78 is 1.75. The molecule has 0 atom stereocenters. The lowest BCUT2D eigenvalue weighted by Crippen LogP contribution is -2.24. The lowest BCUT2D eigenvalue weighted by Gasteiger charge is -2.14. The number of aromatic nitrogens is 2. The van der Waals surface area contributed by atoms with Gasteiger partial charge in [0.2, 0.25) is 0 Å². The molecule has 16 heavy (non-hydrogen) atoms. The molecule has 2 fully saturated rings. The van der Waals surface area contributed by atoms with Crippen LogP contribution < -0.4 is 5.32 Å². The number of rotatable bonds is 6. The molecular formula is C13H19N3. The summed E-state index contributed by atoms with van der Waals surface area (Å²) in [6.45, 7) is 5.81. The van der Waals surface area contributed by atoms with Crippen LogP contribution in [0, 0.1) is 11.3 Å². The van der Waals surface area contributed by atoms with Crippen LogP contribution >= 0.6 is 0 Å². The van der Waals surface area contributed by atoms with E-state index in [9.17, 15) is 0 Å². The first-order valence-electron chi connectivity index (χ1n) is 6.19. The minimum Gasteiger partial charge on any atom is -0.312 e. The zero-order valence-corrected chi connectivity index (χ0v) is 9.65. The van der Waals surface area contributed by atoms with Gasteiger partial charge in [-0.3, -0.25) is 0 Å². The third-order valence-electron chi connectivity index (χ3n) is 3.98. The van der Waals surface area contributed by atoms with E-state index in [2.05, 4.69) is 17.0 Å². The van der Waals surface area contributed by atoms with Gasteiger partial charge in [0, 0.05) is 31.0 Å². The maximum absolute atomic E-state index is 4.17. The number of hydrogen-bond donors (Lipinski definition) is 1. The molecule has 2 saturated carbocycles. The molecule has 3 nitrogen and oxygen atoms in total. The van der Waals surface area contributed by atoms with Gasteiger partial charge in [-0.25, -0.2) is 4.68 Å². The normalized spacial score (nSPS) is 22.0. The van der Waals surface area contributed by atoms with Gasteiger partial charge in [0.25, 0.3) is 0 Å². The molecule has 3 heteroatoms. The molecule has 0 saturated heterocycles. The fourth-order valence-electron chi connectivity index (χ4n) is 2.61. The third kappa shape index (κ3) is 1.92. The Balaban J connectivity index is 1.47. The van der Waals surface area contributed by atoms with Gasteiger partial charge in [-0.05, 0) is 37.0 Å². The van der Waals surface area contributed by atoms with E-state index in [0.717, 1.165) is 12.5 Å². The van der Waals surface area contributed by atoms with Crippen LogP contribution in [0.3, 0.4) is 0 Å². The maximum Gasteiger partial charge on any atom is 0.0538 e. The topological polar surface area (TPSA) is 29.9 Å². The Bertz CT molecular complexity index is 386. The summed E-state index contributed by atoms with van der Waals surface area (Å²) in [6.07, 6.45) is 11.5. The highest BCUT2D eigenvalue weighted by Gasteiger charge is 2.53. The molecule has 86 valence electrons. The van der Waals surface area contributed by atoms with Crippen molar-refractivity contribution in [2.75, 3.05) is 6.54 Å². The number of nitrogens with one attached hydrogen (secondary N) is 1. The Morgan fingerprint density at radius 3 is 2.94 bits per heavy atom. The van der Waals surface area contributed by atoms with Gasteiger partial charge in [-0.2, -0.15) is 5.10 Å². The molecule has 0 aromatic carbocycles. The fraction of sp³-hybridized carbons (Fsp3) is 0.615. The van der Waals surface area contributed by atoms with Crippen molar-refractivity contribution in [3.63, 3.8) is 0 Å². The molecule has 0 radical (unpaired) electrons. The summed E-state index contributed by atoms with van der Waals surface area (Å²) in [7, 11) is 0. The first-order valence-corrected chi connectivity index (χ1v) is 6.19.